The summed E-state index contributed by atoms with van der Waals surface area (Å²) in [6.07, 6.45) is 0.102. The van der Waals surface area contributed by atoms with Gasteiger partial charge in [-0.15, -0.1) is 0 Å². The number of hydrogen-bond acceptors (Lipinski definition) is 4. The molecular weight excluding hydrogens is 306 g/mol. The highest BCUT2D eigenvalue weighted by Gasteiger charge is 2.30. The molecule has 118 valence electrons. The Kier molecular flexibility index (Phi) is 4.61. The number of aromatic amines is 1. The second-order valence-corrected chi connectivity index (χ2v) is 5.66. The number of benzene rings is 1. The summed E-state index contributed by atoms with van der Waals surface area (Å²) < 4.78 is 10.9. The number of carbonyl (C=O) groups excluding carboxylic acids is 1. The van der Waals surface area contributed by atoms with Gasteiger partial charge in [-0.25, -0.2) is 4.98 Å². The molecule has 0 spiro atoms. The summed E-state index contributed by atoms with van der Waals surface area (Å²) in [6.45, 7) is 3.52. The van der Waals surface area contributed by atoms with Crippen molar-refractivity contribution < 1.29 is 14.3 Å². The number of aromatic nitrogens is 2. The van der Waals surface area contributed by atoms with E-state index >= 15 is 0 Å². The van der Waals surface area contributed by atoms with Crippen molar-refractivity contribution in [2.24, 2.45) is 0 Å². The second-order valence-electron chi connectivity index (χ2n) is 5.23. The Bertz CT molecular complexity index is 673. The number of nitrogens with zero attached hydrogens (tertiary/aromatic N) is 1. The highest BCUT2D eigenvalue weighted by Crippen LogP contribution is 2.17. The number of fused-ring (bicyclic) bond motifs is 1. The van der Waals surface area contributed by atoms with Crippen LogP contribution in [0.4, 0.5) is 0 Å². The van der Waals surface area contributed by atoms with E-state index in [1.165, 1.54) is 0 Å². The van der Waals surface area contributed by atoms with Crippen molar-refractivity contribution in [3.63, 3.8) is 0 Å². The Balaban J connectivity index is 1.63. The predicted molar refractivity (Wildman–Crippen MR) is 83.0 cm³/mol. The normalized spacial score (nSPS) is 21.4. The van der Waals surface area contributed by atoms with Crippen LogP contribution in [0.5, 0.6) is 0 Å². The van der Waals surface area contributed by atoms with Crippen LogP contribution in [-0.2, 0) is 20.7 Å². The maximum absolute atomic E-state index is 12.2. The largest absolute Gasteiger partial charge is 0.376 e. The van der Waals surface area contributed by atoms with E-state index in [9.17, 15) is 4.79 Å². The van der Waals surface area contributed by atoms with Crippen LogP contribution in [0.2, 0.25) is 5.02 Å². The maximum atomic E-state index is 12.2. The zero-order valence-electron chi connectivity index (χ0n) is 12.3. The van der Waals surface area contributed by atoms with Gasteiger partial charge in [0.1, 0.15) is 11.9 Å². The van der Waals surface area contributed by atoms with Crippen molar-refractivity contribution in [1.29, 1.82) is 0 Å². The van der Waals surface area contributed by atoms with Crippen LogP contribution in [0.3, 0.4) is 0 Å². The number of halogens is 1. The van der Waals surface area contributed by atoms with E-state index in [4.69, 9.17) is 21.1 Å². The number of hydrogen-bond donors (Lipinski definition) is 2. The smallest absolute Gasteiger partial charge is 0.227 e. The molecule has 1 aliphatic rings. The third-order valence-electron chi connectivity index (χ3n) is 3.58. The van der Waals surface area contributed by atoms with Crippen LogP contribution >= 0.6 is 11.6 Å². The minimum atomic E-state index is -0.106. The van der Waals surface area contributed by atoms with Crippen molar-refractivity contribution in [3.8, 4) is 0 Å². The second kappa shape index (κ2) is 6.64. The highest BCUT2D eigenvalue weighted by atomic mass is 35.5. The number of rotatable bonds is 5. The molecular formula is C15H18ClN3O3. The number of amides is 1. The summed E-state index contributed by atoms with van der Waals surface area (Å²) >= 11 is 5.94. The molecule has 3 rings (SSSR count). The molecule has 0 bridgehead atoms. The Morgan fingerprint density at radius 3 is 3.23 bits per heavy atom. The summed E-state index contributed by atoms with van der Waals surface area (Å²) in [6, 6.07) is 5.29. The fourth-order valence-corrected chi connectivity index (χ4v) is 2.75. The Hall–Kier alpha value is -1.63. The van der Waals surface area contributed by atoms with Crippen LogP contribution in [0, 0.1) is 0 Å². The highest BCUT2D eigenvalue weighted by molar-refractivity contribution is 6.31. The van der Waals surface area contributed by atoms with E-state index < -0.39 is 0 Å². The number of carbonyl (C=O) groups is 1. The van der Waals surface area contributed by atoms with Gasteiger partial charge in [0.15, 0.2) is 0 Å². The molecule has 2 atom stereocenters. The van der Waals surface area contributed by atoms with Gasteiger partial charge >= 0.3 is 0 Å². The van der Waals surface area contributed by atoms with E-state index in [1.54, 1.807) is 12.1 Å². The average Bonchev–Trinajstić information content (AvgIpc) is 3.05. The molecule has 0 aliphatic carbocycles. The fourth-order valence-electron chi connectivity index (χ4n) is 2.58. The molecule has 1 saturated heterocycles. The molecule has 2 aromatic rings. The first-order valence-electron chi connectivity index (χ1n) is 7.28. The maximum Gasteiger partial charge on any atom is 0.227 e. The van der Waals surface area contributed by atoms with Crippen molar-refractivity contribution in [1.82, 2.24) is 15.3 Å². The quantitative estimate of drug-likeness (QED) is 0.877. The summed E-state index contributed by atoms with van der Waals surface area (Å²) in [5.41, 5.74) is 1.62. The van der Waals surface area contributed by atoms with Crippen molar-refractivity contribution in [2.45, 2.75) is 25.5 Å². The average molecular weight is 324 g/mol. The lowest BCUT2D eigenvalue weighted by Crippen LogP contribution is -2.44. The van der Waals surface area contributed by atoms with Crippen LogP contribution in [0.15, 0.2) is 18.2 Å². The summed E-state index contributed by atoms with van der Waals surface area (Å²) in [4.78, 5) is 19.6. The zero-order chi connectivity index (χ0) is 15.5. The van der Waals surface area contributed by atoms with Gasteiger partial charge in [0.25, 0.3) is 0 Å². The van der Waals surface area contributed by atoms with E-state index in [0.29, 0.717) is 30.7 Å². The topological polar surface area (TPSA) is 76.2 Å². The van der Waals surface area contributed by atoms with Crippen LogP contribution in [-0.4, -0.2) is 47.8 Å². The van der Waals surface area contributed by atoms with Gasteiger partial charge in [0.05, 0.1) is 36.7 Å². The lowest BCUT2D eigenvalue weighted by atomic mass is 10.2. The van der Waals surface area contributed by atoms with Crippen molar-refractivity contribution in [3.05, 3.63) is 29.0 Å². The number of nitrogens with one attached hydrogen (secondary N) is 2. The predicted octanol–water partition coefficient (Wildman–Crippen LogP) is 1.68. The van der Waals surface area contributed by atoms with E-state index in [0.717, 1.165) is 11.0 Å². The van der Waals surface area contributed by atoms with Gasteiger partial charge in [-0.05, 0) is 25.1 Å². The molecule has 2 heterocycles. The lowest BCUT2D eigenvalue weighted by molar-refractivity contribution is -0.122. The summed E-state index contributed by atoms with van der Waals surface area (Å²) in [7, 11) is 0. The lowest BCUT2D eigenvalue weighted by Gasteiger charge is -2.18. The third-order valence-corrected chi connectivity index (χ3v) is 3.81. The van der Waals surface area contributed by atoms with Crippen LogP contribution in [0.25, 0.3) is 11.0 Å². The zero-order valence-corrected chi connectivity index (χ0v) is 13.0. The van der Waals surface area contributed by atoms with Gasteiger partial charge in [-0.1, -0.05) is 11.6 Å². The Labute approximate surface area is 133 Å². The molecule has 1 amide bonds. The molecule has 1 aromatic carbocycles. The molecule has 1 aromatic heterocycles. The Morgan fingerprint density at radius 1 is 1.55 bits per heavy atom. The first-order valence-corrected chi connectivity index (χ1v) is 7.66. The van der Waals surface area contributed by atoms with Gasteiger partial charge in [0, 0.05) is 11.6 Å². The van der Waals surface area contributed by atoms with E-state index in [2.05, 4.69) is 15.3 Å². The molecule has 1 fully saturated rings. The molecule has 0 radical (unpaired) electrons. The number of ether oxygens (including phenoxy) is 2. The molecule has 6 nitrogen and oxygen atoms in total. The minimum Gasteiger partial charge on any atom is -0.376 e. The first kappa shape index (κ1) is 15.3. The molecule has 0 unspecified atom stereocenters. The first-order chi connectivity index (χ1) is 10.7. The third kappa shape index (κ3) is 3.40. The Morgan fingerprint density at radius 2 is 2.41 bits per heavy atom. The molecule has 0 saturated carbocycles. The molecule has 22 heavy (non-hydrogen) atoms. The fraction of sp³-hybridized carbons (Fsp3) is 0.467. The van der Waals surface area contributed by atoms with Crippen LogP contribution in [0.1, 0.15) is 12.7 Å². The van der Waals surface area contributed by atoms with Gasteiger partial charge < -0.3 is 19.8 Å². The van der Waals surface area contributed by atoms with Crippen molar-refractivity contribution >= 4 is 28.5 Å². The monoisotopic (exact) mass is 323 g/mol. The van der Waals surface area contributed by atoms with Crippen LogP contribution < -0.4 is 5.32 Å². The number of H-pyrrole nitrogens is 1. The van der Waals surface area contributed by atoms with Crippen molar-refractivity contribution in [2.75, 3.05) is 19.8 Å². The summed E-state index contributed by atoms with van der Waals surface area (Å²) in [5, 5.41) is 3.58. The van der Waals surface area contributed by atoms with Gasteiger partial charge in [0.2, 0.25) is 5.91 Å². The molecule has 2 N–H and O–H groups in total. The number of imidazole rings is 1. The molecule has 7 heteroatoms. The van der Waals surface area contributed by atoms with Gasteiger partial charge in [-0.2, -0.15) is 0 Å². The SMILES string of the molecule is CCO[C@@H]1COC[C@H]1NC(=O)Cc1nc2ccc(Cl)cc2[nH]1. The summed E-state index contributed by atoms with van der Waals surface area (Å²) in [5.74, 6) is 0.506. The minimum absolute atomic E-state index is 0.0802. The van der Waals surface area contributed by atoms with Gasteiger partial charge in [-0.3, -0.25) is 4.79 Å². The van der Waals surface area contributed by atoms with E-state index in [1.807, 2.05) is 13.0 Å². The molecule has 1 aliphatic heterocycles. The van der Waals surface area contributed by atoms with E-state index in [-0.39, 0.29) is 24.5 Å². The standard InChI is InChI=1S/C15H18ClN3O3/c1-2-22-13-8-21-7-12(13)19-15(20)6-14-17-10-4-3-9(16)5-11(10)18-14/h3-5,12-13H,2,6-8H2,1H3,(H,17,18)(H,19,20)/t12-,13-/m1/s1.